The van der Waals surface area contributed by atoms with Crippen molar-refractivity contribution in [3.63, 3.8) is 0 Å². The summed E-state index contributed by atoms with van der Waals surface area (Å²) in [6.45, 7) is 4.05. The number of ether oxygens (including phenoxy) is 1. The first-order chi connectivity index (χ1) is 15.3. The highest BCUT2D eigenvalue weighted by Crippen LogP contribution is 2.23. The van der Waals surface area contributed by atoms with Gasteiger partial charge in [-0.15, -0.1) is 5.10 Å². The van der Waals surface area contributed by atoms with E-state index in [0.29, 0.717) is 32.1 Å². The first-order valence-corrected chi connectivity index (χ1v) is 10.1. The Bertz CT molecular complexity index is 1340. The van der Waals surface area contributed by atoms with Crippen molar-refractivity contribution in [3.8, 4) is 11.3 Å². The molecule has 5 heterocycles. The third kappa shape index (κ3) is 3.66. The van der Waals surface area contributed by atoms with Gasteiger partial charge in [0.15, 0.2) is 5.65 Å². The molecule has 0 unspecified atom stereocenters. The summed E-state index contributed by atoms with van der Waals surface area (Å²) >= 11 is 0. The molecule has 0 spiro atoms. The molecule has 0 fully saturated rings. The number of aromatic nitrogens is 8. The maximum Gasteiger partial charge on any atom is 0.179 e. The predicted octanol–water partition coefficient (Wildman–Crippen LogP) is 2.07. The molecular weight excluding hydrogens is 396 g/mol. The quantitative estimate of drug-likeness (QED) is 0.411. The summed E-state index contributed by atoms with van der Waals surface area (Å²) in [5.74, 6) is 0. The van der Waals surface area contributed by atoms with Crippen LogP contribution in [0.4, 0.5) is 0 Å². The van der Waals surface area contributed by atoms with Crippen molar-refractivity contribution >= 4 is 22.2 Å². The SMILES string of the molecule is CCOCn1cc(Cn2nnc3ccc(-c4cnn(CCO)c4)nc32)c2cccnc21. The lowest BCUT2D eigenvalue weighted by Gasteiger charge is -2.03. The largest absolute Gasteiger partial charge is 0.394 e. The number of hydrogen-bond acceptors (Lipinski definition) is 7. The minimum atomic E-state index is 0.0377. The van der Waals surface area contributed by atoms with Crippen molar-refractivity contribution in [1.82, 2.24) is 39.3 Å². The molecule has 0 radical (unpaired) electrons. The van der Waals surface area contributed by atoms with Crippen LogP contribution in [0.25, 0.3) is 33.5 Å². The van der Waals surface area contributed by atoms with Gasteiger partial charge in [-0.3, -0.25) is 4.68 Å². The van der Waals surface area contributed by atoms with Crippen molar-refractivity contribution in [2.45, 2.75) is 26.7 Å². The van der Waals surface area contributed by atoms with E-state index in [0.717, 1.165) is 33.4 Å². The zero-order valence-corrected chi connectivity index (χ0v) is 17.1. The number of pyridine rings is 2. The van der Waals surface area contributed by atoms with Gasteiger partial charge < -0.3 is 14.4 Å². The van der Waals surface area contributed by atoms with Crippen LogP contribution in [0.2, 0.25) is 0 Å². The molecule has 1 N–H and O–H groups in total. The Morgan fingerprint density at radius 1 is 1.13 bits per heavy atom. The highest BCUT2D eigenvalue weighted by atomic mass is 16.5. The summed E-state index contributed by atoms with van der Waals surface area (Å²) < 4.78 is 11.1. The summed E-state index contributed by atoms with van der Waals surface area (Å²) in [5, 5.41) is 23.0. The molecule has 5 aromatic heterocycles. The van der Waals surface area contributed by atoms with Crippen LogP contribution >= 0.6 is 0 Å². The molecule has 31 heavy (non-hydrogen) atoms. The monoisotopic (exact) mass is 418 g/mol. The molecule has 0 amide bonds. The fourth-order valence-electron chi connectivity index (χ4n) is 3.61. The van der Waals surface area contributed by atoms with Crippen molar-refractivity contribution in [2.75, 3.05) is 13.2 Å². The summed E-state index contributed by atoms with van der Waals surface area (Å²) in [4.78, 5) is 9.30. The fraction of sp³-hybridized carbons (Fsp3) is 0.286. The lowest BCUT2D eigenvalue weighted by Crippen LogP contribution is -2.04. The highest BCUT2D eigenvalue weighted by Gasteiger charge is 2.14. The Morgan fingerprint density at radius 2 is 2.06 bits per heavy atom. The molecule has 158 valence electrons. The van der Waals surface area contributed by atoms with E-state index in [1.807, 2.05) is 48.1 Å². The van der Waals surface area contributed by atoms with Crippen LogP contribution in [0.5, 0.6) is 0 Å². The van der Waals surface area contributed by atoms with E-state index in [1.165, 1.54) is 0 Å². The molecule has 0 bridgehead atoms. The van der Waals surface area contributed by atoms with Gasteiger partial charge in [-0.1, -0.05) is 5.21 Å². The Hall–Kier alpha value is -3.63. The summed E-state index contributed by atoms with van der Waals surface area (Å²) in [6.07, 6.45) is 7.43. The Labute approximate surface area is 177 Å². The van der Waals surface area contributed by atoms with Gasteiger partial charge in [-0.25, -0.2) is 14.6 Å². The molecule has 10 heteroatoms. The fourth-order valence-corrected chi connectivity index (χ4v) is 3.61. The molecule has 0 atom stereocenters. The standard InChI is InChI=1S/C21H22N8O2/c1-2-31-14-27-11-16(17-4-3-7-22-20(17)27)13-29-21-19(25-26-29)6-5-18(24-21)15-10-23-28(12-15)8-9-30/h3-7,10-12,30H,2,8-9,13-14H2,1H3. The van der Waals surface area contributed by atoms with E-state index in [-0.39, 0.29) is 6.61 Å². The van der Waals surface area contributed by atoms with Gasteiger partial charge >= 0.3 is 0 Å². The molecule has 5 rings (SSSR count). The van der Waals surface area contributed by atoms with Gasteiger partial charge in [0.25, 0.3) is 0 Å². The topological polar surface area (TPSA) is 109 Å². The molecule has 0 aliphatic heterocycles. The Balaban J connectivity index is 1.51. The molecular formula is C21H22N8O2. The normalized spacial score (nSPS) is 11.7. The lowest BCUT2D eigenvalue weighted by molar-refractivity contribution is 0.0904. The van der Waals surface area contributed by atoms with Crippen molar-refractivity contribution in [3.05, 3.63) is 54.6 Å². The van der Waals surface area contributed by atoms with Crippen molar-refractivity contribution in [1.29, 1.82) is 0 Å². The molecule has 0 saturated heterocycles. The van der Waals surface area contributed by atoms with E-state index in [9.17, 15) is 0 Å². The van der Waals surface area contributed by atoms with E-state index in [2.05, 4.69) is 20.4 Å². The van der Waals surface area contributed by atoms with Crippen LogP contribution < -0.4 is 0 Å². The van der Waals surface area contributed by atoms with Gasteiger partial charge in [0.2, 0.25) is 0 Å². The summed E-state index contributed by atoms with van der Waals surface area (Å²) in [5.41, 5.74) is 5.02. The number of aliphatic hydroxyl groups is 1. The number of hydrogen-bond donors (Lipinski definition) is 1. The van der Waals surface area contributed by atoms with Crippen LogP contribution in [0.3, 0.4) is 0 Å². The zero-order chi connectivity index (χ0) is 21.2. The average molecular weight is 418 g/mol. The second-order valence-corrected chi connectivity index (χ2v) is 7.12. The minimum Gasteiger partial charge on any atom is -0.394 e. The van der Waals surface area contributed by atoms with E-state index >= 15 is 0 Å². The second-order valence-electron chi connectivity index (χ2n) is 7.12. The van der Waals surface area contributed by atoms with E-state index in [4.69, 9.17) is 14.8 Å². The summed E-state index contributed by atoms with van der Waals surface area (Å²) in [6, 6.07) is 7.79. The maximum absolute atomic E-state index is 9.10. The first-order valence-electron chi connectivity index (χ1n) is 10.1. The predicted molar refractivity (Wildman–Crippen MR) is 114 cm³/mol. The van der Waals surface area contributed by atoms with Gasteiger partial charge in [0.1, 0.15) is 17.9 Å². The molecule has 0 aromatic carbocycles. The van der Waals surface area contributed by atoms with Crippen LogP contribution in [0.1, 0.15) is 12.5 Å². The van der Waals surface area contributed by atoms with Crippen LogP contribution in [0.15, 0.2) is 49.1 Å². The smallest absolute Gasteiger partial charge is 0.179 e. The van der Waals surface area contributed by atoms with Crippen molar-refractivity contribution < 1.29 is 9.84 Å². The first kappa shape index (κ1) is 19.3. The lowest BCUT2D eigenvalue weighted by atomic mass is 10.2. The molecule has 0 aliphatic carbocycles. The average Bonchev–Trinajstić information content (AvgIpc) is 3.51. The Morgan fingerprint density at radius 3 is 2.94 bits per heavy atom. The molecule has 5 aromatic rings. The van der Waals surface area contributed by atoms with Gasteiger partial charge in [-0.05, 0) is 31.2 Å². The number of nitrogens with zero attached hydrogens (tertiary/aromatic N) is 8. The van der Waals surface area contributed by atoms with Crippen LogP contribution in [0, 0.1) is 0 Å². The van der Waals surface area contributed by atoms with Crippen molar-refractivity contribution in [2.24, 2.45) is 0 Å². The molecule has 10 nitrogen and oxygen atoms in total. The summed E-state index contributed by atoms with van der Waals surface area (Å²) in [7, 11) is 0. The van der Waals surface area contributed by atoms with E-state index < -0.39 is 0 Å². The zero-order valence-electron chi connectivity index (χ0n) is 17.1. The third-order valence-electron chi connectivity index (χ3n) is 5.09. The van der Waals surface area contributed by atoms with Crippen LogP contribution in [-0.4, -0.2) is 57.6 Å². The van der Waals surface area contributed by atoms with Gasteiger partial charge in [0, 0.05) is 41.7 Å². The third-order valence-corrected chi connectivity index (χ3v) is 5.09. The number of fused-ring (bicyclic) bond motifs is 2. The highest BCUT2D eigenvalue weighted by molar-refractivity contribution is 5.81. The molecule has 0 saturated carbocycles. The number of aliphatic hydroxyl groups excluding tert-OH is 1. The maximum atomic E-state index is 9.10. The Kier molecular flexibility index (Phi) is 5.14. The molecule has 0 aliphatic rings. The van der Waals surface area contributed by atoms with Crippen LogP contribution in [-0.2, 0) is 24.6 Å². The van der Waals surface area contributed by atoms with Gasteiger partial charge in [0.05, 0.1) is 31.6 Å². The minimum absolute atomic E-state index is 0.0377. The number of rotatable bonds is 8. The van der Waals surface area contributed by atoms with E-state index in [1.54, 1.807) is 21.8 Å². The van der Waals surface area contributed by atoms with Gasteiger partial charge in [-0.2, -0.15) is 5.10 Å². The second kappa shape index (κ2) is 8.25.